The molecule has 0 saturated heterocycles. The molecule has 1 rings (SSSR count). The number of hydrogen-bond donors (Lipinski definition) is 1. The van der Waals surface area contributed by atoms with Crippen molar-refractivity contribution in [3.8, 4) is 6.07 Å². The van der Waals surface area contributed by atoms with E-state index in [1.807, 2.05) is 12.1 Å². The van der Waals surface area contributed by atoms with Crippen molar-refractivity contribution in [2.75, 3.05) is 12.5 Å². The summed E-state index contributed by atoms with van der Waals surface area (Å²) in [5, 5.41) is 8.46. The maximum Gasteiger partial charge on any atom is 0.140 e. The van der Waals surface area contributed by atoms with Crippen LogP contribution in [0.3, 0.4) is 0 Å². The van der Waals surface area contributed by atoms with Gasteiger partial charge in [-0.05, 0) is 24.6 Å². The molecule has 58 valence electrons. The topological polar surface area (TPSA) is 36.7 Å². The molecule has 1 heterocycles. The summed E-state index contributed by atoms with van der Waals surface area (Å²) in [6.07, 6.45) is 6.11. The summed E-state index contributed by atoms with van der Waals surface area (Å²) in [5.41, 5.74) is 0.491. The lowest BCUT2D eigenvalue weighted by Crippen LogP contribution is -1.83. The number of nitriles is 1. The summed E-state index contributed by atoms with van der Waals surface area (Å²) in [5.74, 6) is 0. The largest absolute Gasteiger partial charge is 0.244 e. The summed E-state index contributed by atoms with van der Waals surface area (Å²) in [6, 6.07) is 5.72. The van der Waals surface area contributed by atoms with Gasteiger partial charge in [-0.15, -0.1) is 0 Å². The summed E-state index contributed by atoms with van der Waals surface area (Å²) in [6.45, 7) is 0. The average molecular weight is 166 g/mol. The minimum absolute atomic E-state index is 0.0849. The quantitative estimate of drug-likeness (QED) is 0.643. The van der Waals surface area contributed by atoms with Gasteiger partial charge in [0.1, 0.15) is 11.8 Å². The predicted octanol–water partition coefficient (Wildman–Crippen LogP) is 1.57. The molecule has 0 aromatic carbocycles. The molecule has 0 radical (unpaired) electrons. The number of rotatable bonds is 1. The molecular formula is C8H10N2S. The first-order valence-corrected chi connectivity index (χ1v) is 5.51. The van der Waals surface area contributed by atoms with Crippen molar-refractivity contribution >= 4 is 10.9 Å². The van der Waals surface area contributed by atoms with Crippen LogP contribution >= 0.6 is 10.9 Å². The zero-order valence-electron chi connectivity index (χ0n) is 6.57. The summed E-state index contributed by atoms with van der Waals surface area (Å²) in [4.78, 5) is 5.21. The van der Waals surface area contributed by atoms with E-state index in [0.29, 0.717) is 5.69 Å². The smallest absolute Gasteiger partial charge is 0.140 e. The predicted molar refractivity (Wildman–Crippen MR) is 48.1 cm³/mol. The van der Waals surface area contributed by atoms with Crippen molar-refractivity contribution in [2.24, 2.45) is 0 Å². The Morgan fingerprint density at radius 1 is 1.45 bits per heavy atom. The van der Waals surface area contributed by atoms with Gasteiger partial charge in [0.15, 0.2) is 0 Å². The molecule has 0 saturated carbocycles. The monoisotopic (exact) mass is 166 g/mol. The summed E-state index contributed by atoms with van der Waals surface area (Å²) < 4.78 is 0. The van der Waals surface area contributed by atoms with E-state index in [1.165, 1.54) is 4.90 Å². The number of pyridine rings is 1. The number of aromatic nitrogens is 1. The normalized spacial score (nSPS) is 10.5. The lowest BCUT2D eigenvalue weighted by molar-refractivity contribution is 1.19. The molecule has 0 aliphatic heterocycles. The van der Waals surface area contributed by atoms with Gasteiger partial charge in [0.2, 0.25) is 0 Å². The van der Waals surface area contributed by atoms with E-state index in [9.17, 15) is 0 Å². The molecular weight excluding hydrogens is 156 g/mol. The molecule has 0 spiro atoms. The molecule has 1 aromatic heterocycles. The SMILES string of the molecule is C[SH](C)c1ccc(C#N)nc1. The second-order valence-corrected chi connectivity index (χ2v) is 4.71. The Balaban J connectivity index is 2.94. The molecule has 0 atom stereocenters. The van der Waals surface area contributed by atoms with Crippen LogP contribution in [0.5, 0.6) is 0 Å². The molecule has 0 bridgehead atoms. The van der Waals surface area contributed by atoms with E-state index in [2.05, 4.69) is 17.5 Å². The zero-order valence-corrected chi connectivity index (χ0v) is 7.47. The van der Waals surface area contributed by atoms with Gasteiger partial charge in [0, 0.05) is 11.1 Å². The highest BCUT2D eigenvalue weighted by Crippen LogP contribution is 2.26. The Labute approximate surface area is 69.2 Å². The van der Waals surface area contributed by atoms with Gasteiger partial charge in [-0.2, -0.15) is 5.26 Å². The van der Waals surface area contributed by atoms with Crippen LogP contribution in [0, 0.1) is 11.3 Å². The fourth-order valence-corrected chi connectivity index (χ4v) is 1.38. The zero-order chi connectivity index (χ0) is 8.27. The van der Waals surface area contributed by atoms with Gasteiger partial charge in [0.05, 0.1) is 0 Å². The molecule has 0 aliphatic carbocycles. The van der Waals surface area contributed by atoms with Crippen LogP contribution in [0.15, 0.2) is 23.2 Å². The van der Waals surface area contributed by atoms with Crippen LogP contribution in [0.1, 0.15) is 5.69 Å². The van der Waals surface area contributed by atoms with Crippen LogP contribution in [0.25, 0.3) is 0 Å². The standard InChI is InChI=1S/C8H10N2S/c1-11(2)8-4-3-7(5-9)10-6-8/h3-4,6,11H,1-2H3. The third-order valence-corrected chi connectivity index (χ3v) is 2.68. The molecule has 1 aromatic rings. The fraction of sp³-hybridized carbons (Fsp3) is 0.250. The Hall–Kier alpha value is -1.01. The number of nitrogens with zero attached hydrogens (tertiary/aromatic N) is 2. The summed E-state index contributed by atoms with van der Waals surface area (Å²) >= 11 is 0. The molecule has 0 fully saturated rings. The lowest BCUT2D eigenvalue weighted by atomic mass is 10.4. The van der Waals surface area contributed by atoms with Crippen molar-refractivity contribution in [2.45, 2.75) is 4.90 Å². The molecule has 0 aliphatic rings. The molecule has 11 heavy (non-hydrogen) atoms. The first-order valence-electron chi connectivity index (χ1n) is 3.27. The highest BCUT2D eigenvalue weighted by molar-refractivity contribution is 8.15. The van der Waals surface area contributed by atoms with Gasteiger partial charge in [-0.1, -0.05) is 0 Å². The van der Waals surface area contributed by atoms with Crippen molar-refractivity contribution in [1.29, 1.82) is 5.26 Å². The average Bonchev–Trinajstić information content (AvgIpc) is 2.05. The van der Waals surface area contributed by atoms with Gasteiger partial charge >= 0.3 is 0 Å². The van der Waals surface area contributed by atoms with Gasteiger partial charge in [-0.25, -0.2) is 15.9 Å². The lowest BCUT2D eigenvalue weighted by Gasteiger charge is -2.07. The molecule has 3 heteroatoms. The van der Waals surface area contributed by atoms with Crippen molar-refractivity contribution < 1.29 is 0 Å². The Kier molecular flexibility index (Phi) is 2.50. The van der Waals surface area contributed by atoms with Gasteiger partial charge in [0.25, 0.3) is 0 Å². The van der Waals surface area contributed by atoms with Crippen molar-refractivity contribution in [3.05, 3.63) is 24.0 Å². The van der Waals surface area contributed by atoms with E-state index in [0.717, 1.165) is 0 Å². The molecule has 0 amide bonds. The first-order chi connectivity index (χ1) is 5.24. The minimum Gasteiger partial charge on any atom is -0.244 e. The first kappa shape index (κ1) is 8.09. The van der Waals surface area contributed by atoms with E-state index < -0.39 is 0 Å². The second-order valence-electron chi connectivity index (χ2n) is 2.41. The fourth-order valence-electron chi connectivity index (χ4n) is 0.717. The maximum atomic E-state index is 8.46. The Morgan fingerprint density at radius 2 is 2.18 bits per heavy atom. The van der Waals surface area contributed by atoms with Gasteiger partial charge < -0.3 is 0 Å². The molecule has 0 N–H and O–H groups in total. The maximum absolute atomic E-state index is 8.46. The van der Waals surface area contributed by atoms with Crippen LogP contribution in [0.2, 0.25) is 0 Å². The van der Waals surface area contributed by atoms with E-state index in [1.54, 1.807) is 12.3 Å². The number of hydrogen-bond acceptors (Lipinski definition) is 2. The van der Waals surface area contributed by atoms with Gasteiger partial charge in [-0.3, -0.25) is 0 Å². The Bertz CT molecular complexity index is 271. The number of thiol groups is 1. The van der Waals surface area contributed by atoms with E-state index >= 15 is 0 Å². The highest BCUT2D eigenvalue weighted by Gasteiger charge is 1.95. The Morgan fingerprint density at radius 3 is 2.55 bits per heavy atom. The van der Waals surface area contributed by atoms with Crippen LogP contribution < -0.4 is 0 Å². The van der Waals surface area contributed by atoms with Crippen LogP contribution in [-0.2, 0) is 0 Å². The molecule has 2 nitrogen and oxygen atoms in total. The van der Waals surface area contributed by atoms with Crippen molar-refractivity contribution in [1.82, 2.24) is 4.98 Å². The van der Waals surface area contributed by atoms with E-state index in [-0.39, 0.29) is 10.9 Å². The third-order valence-electron chi connectivity index (χ3n) is 1.38. The second kappa shape index (κ2) is 3.40. The third kappa shape index (κ3) is 1.95. The van der Waals surface area contributed by atoms with Crippen LogP contribution in [-0.4, -0.2) is 17.5 Å². The van der Waals surface area contributed by atoms with E-state index in [4.69, 9.17) is 5.26 Å². The highest BCUT2D eigenvalue weighted by atomic mass is 32.2. The minimum atomic E-state index is -0.0849. The summed E-state index contributed by atoms with van der Waals surface area (Å²) in [7, 11) is -0.0849. The molecule has 0 unspecified atom stereocenters. The van der Waals surface area contributed by atoms with Crippen molar-refractivity contribution in [3.63, 3.8) is 0 Å². The van der Waals surface area contributed by atoms with Crippen LogP contribution in [0.4, 0.5) is 0 Å².